The lowest BCUT2D eigenvalue weighted by atomic mass is 9.84. The lowest BCUT2D eigenvalue weighted by Crippen LogP contribution is -2.36. The molecule has 1 saturated carbocycles. The zero-order valence-corrected chi connectivity index (χ0v) is 10.4. The fraction of sp³-hybridized carbons (Fsp3) is 0.500. The molecule has 0 radical (unpaired) electrons. The van der Waals surface area contributed by atoms with Crippen LogP contribution in [-0.2, 0) is 0 Å². The van der Waals surface area contributed by atoms with Crippen molar-refractivity contribution in [3.8, 4) is 0 Å². The summed E-state index contributed by atoms with van der Waals surface area (Å²) in [5.41, 5.74) is 6.99. The van der Waals surface area contributed by atoms with E-state index in [1.54, 1.807) is 18.2 Å². The van der Waals surface area contributed by atoms with Crippen molar-refractivity contribution in [3.63, 3.8) is 0 Å². The normalized spacial score (nSPS) is 23.6. The maximum Gasteiger partial charge on any atom is 0.335 e. The lowest BCUT2D eigenvalue weighted by molar-refractivity contribution is 0.0697. The van der Waals surface area contributed by atoms with Gasteiger partial charge in [-0.1, -0.05) is 18.9 Å². The topological polar surface area (TPSA) is 75.3 Å². The van der Waals surface area contributed by atoms with Gasteiger partial charge in [0.05, 0.1) is 5.56 Å². The van der Waals surface area contributed by atoms with Crippen molar-refractivity contribution in [2.45, 2.75) is 31.7 Å². The molecule has 2 unspecified atom stereocenters. The Balaban J connectivity index is 2.07. The Labute approximate surface area is 107 Å². The molecule has 4 heteroatoms. The number of aromatic carboxylic acids is 1. The number of nitrogens with two attached hydrogens (primary N) is 1. The predicted molar refractivity (Wildman–Crippen MR) is 71.8 cm³/mol. The van der Waals surface area contributed by atoms with Crippen LogP contribution in [0.5, 0.6) is 0 Å². The molecule has 1 aliphatic carbocycles. The molecule has 1 aromatic carbocycles. The maximum absolute atomic E-state index is 10.9. The molecule has 1 aromatic rings. The molecule has 0 heterocycles. The summed E-state index contributed by atoms with van der Waals surface area (Å²) in [6, 6.07) is 7.34. The number of hydrogen-bond donors (Lipinski definition) is 3. The van der Waals surface area contributed by atoms with Gasteiger partial charge < -0.3 is 16.2 Å². The van der Waals surface area contributed by atoms with Gasteiger partial charge in [0.1, 0.15) is 0 Å². The van der Waals surface area contributed by atoms with Crippen molar-refractivity contribution in [1.82, 2.24) is 0 Å². The molecule has 1 aliphatic rings. The van der Waals surface area contributed by atoms with Gasteiger partial charge in [-0.05, 0) is 43.5 Å². The molecular weight excluding hydrogens is 228 g/mol. The first-order valence-corrected chi connectivity index (χ1v) is 6.50. The van der Waals surface area contributed by atoms with Crippen LogP contribution in [0, 0.1) is 5.92 Å². The second kappa shape index (κ2) is 5.87. The SMILES string of the molecule is NCC1CCCCC1Nc1cccc(C(=O)O)c1. The molecule has 0 saturated heterocycles. The van der Waals surface area contributed by atoms with E-state index in [0.717, 1.165) is 18.5 Å². The van der Waals surface area contributed by atoms with Crippen LogP contribution >= 0.6 is 0 Å². The summed E-state index contributed by atoms with van der Waals surface area (Å²) in [5.74, 6) is -0.398. The first-order chi connectivity index (χ1) is 8.70. The summed E-state index contributed by atoms with van der Waals surface area (Å²) in [4.78, 5) is 10.9. The number of carboxylic acids is 1. The highest BCUT2D eigenvalue weighted by Crippen LogP contribution is 2.26. The molecule has 18 heavy (non-hydrogen) atoms. The third-order valence-electron chi connectivity index (χ3n) is 3.67. The highest BCUT2D eigenvalue weighted by Gasteiger charge is 2.23. The third kappa shape index (κ3) is 3.01. The number of carbonyl (C=O) groups is 1. The van der Waals surface area contributed by atoms with Gasteiger partial charge >= 0.3 is 5.97 Å². The van der Waals surface area contributed by atoms with Crippen molar-refractivity contribution in [1.29, 1.82) is 0 Å². The van der Waals surface area contributed by atoms with E-state index >= 15 is 0 Å². The summed E-state index contributed by atoms with van der Waals surface area (Å²) in [6.45, 7) is 0.691. The molecule has 1 fully saturated rings. The predicted octanol–water partition coefficient (Wildman–Crippen LogP) is 2.31. The van der Waals surface area contributed by atoms with E-state index in [1.807, 2.05) is 6.07 Å². The van der Waals surface area contributed by atoms with E-state index in [1.165, 1.54) is 12.8 Å². The number of carboxylic acid groups (broad SMARTS) is 1. The molecular formula is C14H20N2O2. The van der Waals surface area contributed by atoms with E-state index < -0.39 is 5.97 Å². The van der Waals surface area contributed by atoms with Gasteiger partial charge in [0.25, 0.3) is 0 Å². The Morgan fingerprint density at radius 3 is 2.89 bits per heavy atom. The smallest absolute Gasteiger partial charge is 0.335 e. The minimum absolute atomic E-state index is 0.320. The van der Waals surface area contributed by atoms with Crippen LogP contribution in [-0.4, -0.2) is 23.7 Å². The van der Waals surface area contributed by atoms with E-state index in [-0.39, 0.29) is 0 Å². The van der Waals surface area contributed by atoms with Crippen LogP contribution < -0.4 is 11.1 Å². The first kappa shape index (κ1) is 12.9. The molecule has 4 nitrogen and oxygen atoms in total. The number of hydrogen-bond acceptors (Lipinski definition) is 3. The van der Waals surface area contributed by atoms with E-state index in [0.29, 0.717) is 24.1 Å². The molecule has 2 rings (SSSR count). The van der Waals surface area contributed by atoms with E-state index in [2.05, 4.69) is 5.32 Å². The summed E-state index contributed by atoms with van der Waals surface area (Å²) in [7, 11) is 0. The molecule has 98 valence electrons. The standard InChI is InChI=1S/C14H20N2O2/c15-9-11-4-1-2-7-13(11)16-12-6-3-5-10(8-12)14(17)18/h3,5-6,8,11,13,16H,1-2,4,7,9,15H2,(H,17,18). The van der Waals surface area contributed by atoms with E-state index in [4.69, 9.17) is 10.8 Å². The van der Waals surface area contributed by atoms with Gasteiger partial charge in [-0.15, -0.1) is 0 Å². The Morgan fingerprint density at radius 1 is 1.39 bits per heavy atom. The molecule has 0 bridgehead atoms. The van der Waals surface area contributed by atoms with Gasteiger partial charge in [0.15, 0.2) is 0 Å². The van der Waals surface area contributed by atoms with Crippen molar-refractivity contribution in [3.05, 3.63) is 29.8 Å². The zero-order chi connectivity index (χ0) is 13.0. The van der Waals surface area contributed by atoms with Crippen LogP contribution in [0.25, 0.3) is 0 Å². The fourth-order valence-corrected chi connectivity index (χ4v) is 2.64. The van der Waals surface area contributed by atoms with Crippen molar-refractivity contribution >= 4 is 11.7 Å². The summed E-state index contributed by atoms with van der Waals surface area (Å²) < 4.78 is 0. The Kier molecular flexibility index (Phi) is 4.20. The van der Waals surface area contributed by atoms with Crippen LogP contribution in [0.1, 0.15) is 36.0 Å². The summed E-state index contributed by atoms with van der Waals surface area (Å²) in [6.07, 6.45) is 4.73. The number of nitrogens with one attached hydrogen (secondary N) is 1. The lowest BCUT2D eigenvalue weighted by Gasteiger charge is -2.32. The van der Waals surface area contributed by atoms with Crippen molar-refractivity contribution in [2.75, 3.05) is 11.9 Å². The number of anilines is 1. The van der Waals surface area contributed by atoms with Gasteiger partial charge in [-0.3, -0.25) is 0 Å². The third-order valence-corrected chi connectivity index (χ3v) is 3.67. The van der Waals surface area contributed by atoms with Gasteiger partial charge in [0, 0.05) is 11.7 Å². The minimum atomic E-state index is -0.891. The number of benzene rings is 1. The molecule has 0 aliphatic heterocycles. The van der Waals surface area contributed by atoms with Crippen LogP contribution in [0.3, 0.4) is 0 Å². The average molecular weight is 248 g/mol. The average Bonchev–Trinajstić information content (AvgIpc) is 2.39. The first-order valence-electron chi connectivity index (χ1n) is 6.50. The van der Waals surface area contributed by atoms with E-state index in [9.17, 15) is 4.79 Å². The molecule has 0 spiro atoms. The Morgan fingerprint density at radius 2 is 2.17 bits per heavy atom. The monoisotopic (exact) mass is 248 g/mol. The maximum atomic E-state index is 10.9. The zero-order valence-electron chi connectivity index (χ0n) is 10.4. The van der Waals surface area contributed by atoms with Gasteiger partial charge in [-0.25, -0.2) is 4.79 Å². The fourth-order valence-electron chi connectivity index (χ4n) is 2.64. The quantitative estimate of drug-likeness (QED) is 0.764. The van der Waals surface area contributed by atoms with Crippen molar-refractivity contribution < 1.29 is 9.90 Å². The summed E-state index contributed by atoms with van der Waals surface area (Å²) >= 11 is 0. The van der Waals surface area contributed by atoms with Gasteiger partial charge in [0.2, 0.25) is 0 Å². The van der Waals surface area contributed by atoms with Crippen LogP contribution in [0.4, 0.5) is 5.69 Å². The molecule has 4 N–H and O–H groups in total. The van der Waals surface area contributed by atoms with Gasteiger partial charge in [-0.2, -0.15) is 0 Å². The number of rotatable bonds is 4. The van der Waals surface area contributed by atoms with Crippen LogP contribution in [0.15, 0.2) is 24.3 Å². The highest BCUT2D eigenvalue weighted by atomic mass is 16.4. The molecule has 0 amide bonds. The van der Waals surface area contributed by atoms with Crippen molar-refractivity contribution in [2.24, 2.45) is 11.7 Å². The summed E-state index contributed by atoms with van der Waals surface area (Å²) in [5, 5.41) is 12.4. The van der Waals surface area contributed by atoms with Crippen LogP contribution in [0.2, 0.25) is 0 Å². The second-order valence-electron chi connectivity index (χ2n) is 4.92. The highest BCUT2D eigenvalue weighted by molar-refractivity contribution is 5.88. The second-order valence-corrected chi connectivity index (χ2v) is 4.92. The molecule has 0 aromatic heterocycles. The Hall–Kier alpha value is -1.55. The molecule has 2 atom stereocenters. The minimum Gasteiger partial charge on any atom is -0.478 e. The largest absolute Gasteiger partial charge is 0.478 e. The Bertz CT molecular complexity index is 420.